The molecule has 0 saturated carbocycles. The highest BCUT2D eigenvalue weighted by Crippen LogP contribution is 2.37. The number of Topliss-reactive ketones (excluding diaryl/α,β-unsaturated/α-hetero) is 1. The van der Waals surface area contributed by atoms with Gasteiger partial charge in [-0.25, -0.2) is 70.8 Å². The molecule has 19 heteroatoms. The topological polar surface area (TPSA) is 62.3 Å². The number of halogens is 15. The third kappa shape index (κ3) is 4.96. The average Bonchev–Trinajstić information content (AvgIpc) is 3.76. The van der Waals surface area contributed by atoms with Crippen molar-refractivity contribution < 1.29 is 75.4 Å². The minimum absolute atomic E-state index is 0.450. The number of ketones is 2. The molecule has 5 rings (SSSR count). The summed E-state index contributed by atoms with van der Waals surface area (Å²) in [6.45, 7) is 0. The second-order valence-electron chi connectivity index (χ2n) is 9.37. The summed E-state index contributed by atoms with van der Waals surface area (Å²) in [6.07, 6.45) is 0.963. The Kier molecular flexibility index (Phi) is 8.35. The molecular weight excluding hydrogens is 693 g/mol. The molecule has 2 heterocycles. The van der Waals surface area contributed by atoms with Gasteiger partial charge in [-0.05, 0) is 24.3 Å². The van der Waals surface area contributed by atoms with Gasteiger partial charge in [-0.2, -0.15) is 0 Å². The lowest BCUT2D eigenvalue weighted by Gasteiger charge is -2.13. The van der Waals surface area contributed by atoms with Crippen LogP contribution in [0.15, 0.2) is 35.0 Å². The molecule has 0 unspecified atom stereocenters. The number of nitrogens with one attached hydrogen (secondary N) is 1. The van der Waals surface area contributed by atoms with Crippen LogP contribution in [0.3, 0.4) is 0 Å². The first kappa shape index (κ1) is 33.7. The van der Waals surface area contributed by atoms with E-state index in [1.807, 2.05) is 4.98 Å². The summed E-state index contributed by atoms with van der Waals surface area (Å²) in [6, 6.07) is 1.04. The number of aromatic amines is 1. The van der Waals surface area contributed by atoms with Crippen molar-refractivity contribution in [3.8, 4) is 0 Å². The van der Waals surface area contributed by atoms with Gasteiger partial charge in [0.15, 0.2) is 69.8 Å². The minimum atomic E-state index is -2.68. The second kappa shape index (κ2) is 11.9. The molecule has 0 aliphatic carbocycles. The van der Waals surface area contributed by atoms with E-state index in [9.17, 15) is 75.4 Å². The number of H-pyrrole nitrogens is 1. The van der Waals surface area contributed by atoms with E-state index in [4.69, 9.17) is 0 Å². The van der Waals surface area contributed by atoms with Gasteiger partial charge in [-0.3, -0.25) is 9.59 Å². The number of benzene rings is 3. The van der Waals surface area contributed by atoms with Crippen molar-refractivity contribution in [1.82, 2.24) is 4.98 Å². The Bertz CT molecular complexity index is 2150. The van der Waals surface area contributed by atoms with Crippen LogP contribution in [-0.4, -0.2) is 22.3 Å². The third-order valence-electron chi connectivity index (χ3n) is 6.66. The first-order valence-electron chi connectivity index (χ1n) is 12.3. The predicted octanol–water partition coefficient (Wildman–Crippen LogP) is 7.99. The van der Waals surface area contributed by atoms with Gasteiger partial charge >= 0.3 is 0 Å². The smallest absolute Gasteiger partial charge is 0.217 e. The molecule has 0 amide bonds. The third-order valence-corrected chi connectivity index (χ3v) is 6.66. The number of hydrogen-bond donors (Lipinski definition) is 1. The first-order valence-corrected chi connectivity index (χ1v) is 12.3. The summed E-state index contributed by atoms with van der Waals surface area (Å²) in [5.74, 6) is -43.1. The number of allylic oxidation sites excluding steroid dienone is 2. The molecule has 0 spiro atoms. The summed E-state index contributed by atoms with van der Waals surface area (Å²) in [5, 5.41) is 0. The Morgan fingerprint density at radius 1 is 0.417 bits per heavy atom. The largest absolute Gasteiger partial charge is 0.352 e. The Morgan fingerprint density at radius 2 is 0.750 bits per heavy atom. The fourth-order valence-corrected chi connectivity index (χ4v) is 4.40. The zero-order valence-electron chi connectivity index (χ0n) is 22.2. The van der Waals surface area contributed by atoms with E-state index in [2.05, 4.69) is 4.99 Å². The number of aliphatic imine (C=N–C) groups is 1. The van der Waals surface area contributed by atoms with Crippen molar-refractivity contribution in [3.05, 3.63) is 145 Å². The lowest BCUT2D eigenvalue weighted by Crippen LogP contribution is -2.18. The molecule has 1 aliphatic rings. The van der Waals surface area contributed by atoms with Gasteiger partial charge in [0, 0.05) is 11.3 Å². The van der Waals surface area contributed by atoms with Crippen molar-refractivity contribution in [2.45, 2.75) is 0 Å². The maximum Gasteiger partial charge on any atom is 0.217 e. The van der Waals surface area contributed by atoms with Crippen LogP contribution in [0.2, 0.25) is 0 Å². The van der Waals surface area contributed by atoms with Crippen molar-refractivity contribution in [2.75, 3.05) is 0 Å². The molecule has 0 bridgehead atoms. The maximum absolute atomic E-state index is 15.0. The van der Waals surface area contributed by atoms with Gasteiger partial charge in [0.05, 0.1) is 17.0 Å². The number of aromatic nitrogens is 1. The van der Waals surface area contributed by atoms with E-state index in [1.54, 1.807) is 0 Å². The van der Waals surface area contributed by atoms with E-state index in [0.717, 1.165) is 0 Å². The van der Waals surface area contributed by atoms with Gasteiger partial charge in [-0.1, -0.05) is 0 Å². The summed E-state index contributed by atoms with van der Waals surface area (Å²) < 4.78 is 211. The summed E-state index contributed by atoms with van der Waals surface area (Å²) in [5.41, 5.74) is -11.7. The average molecular weight is 698 g/mol. The molecule has 4 nitrogen and oxygen atoms in total. The van der Waals surface area contributed by atoms with Gasteiger partial charge in [0.2, 0.25) is 29.0 Å². The van der Waals surface area contributed by atoms with Crippen molar-refractivity contribution >= 4 is 22.9 Å². The summed E-state index contributed by atoms with van der Waals surface area (Å²) >= 11 is 0. The molecule has 0 atom stereocenters. The Hall–Kier alpha value is -5.62. The zero-order chi connectivity index (χ0) is 35.7. The van der Waals surface area contributed by atoms with Gasteiger partial charge in [-0.15, -0.1) is 0 Å². The molecule has 248 valence electrons. The number of hydrogen-bond acceptors (Lipinski definition) is 3. The molecule has 3 aromatic carbocycles. The van der Waals surface area contributed by atoms with Crippen LogP contribution in [0.25, 0.3) is 5.57 Å². The maximum atomic E-state index is 15.0. The van der Waals surface area contributed by atoms with Gasteiger partial charge in [0.25, 0.3) is 0 Å². The zero-order valence-corrected chi connectivity index (χ0v) is 22.2. The summed E-state index contributed by atoms with van der Waals surface area (Å²) in [4.78, 5) is 30.9. The highest BCUT2D eigenvalue weighted by molar-refractivity contribution is 6.50. The van der Waals surface area contributed by atoms with E-state index in [0.29, 0.717) is 24.3 Å². The number of nitrogens with zero attached hydrogens (tertiary/aromatic N) is 1. The van der Waals surface area contributed by atoms with Crippen LogP contribution in [0.4, 0.5) is 65.9 Å². The minimum Gasteiger partial charge on any atom is -0.352 e. The Labute approximate surface area is 254 Å². The van der Waals surface area contributed by atoms with E-state index < -0.39 is 144 Å². The molecule has 48 heavy (non-hydrogen) atoms. The Morgan fingerprint density at radius 3 is 1.17 bits per heavy atom. The van der Waals surface area contributed by atoms with Crippen LogP contribution in [0, 0.1) is 87.3 Å². The van der Waals surface area contributed by atoms with Crippen LogP contribution >= 0.6 is 0 Å². The van der Waals surface area contributed by atoms with E-state index in [1.165, 1.54) is 0 Å². The normalized spacial score (nSPS) is 13.8. The fraction of sp³-hybridized carbons (Fsp3) is 0. The van der Waals surface area contributed by atoms with Crippen molar-refractivity contribution in [2.24, 2.45) is 4.99 Å². The van der Waals surface area contributed by atoms with Crippen LogP contribution in [-0.2, 0) is 0 Å². The number of carbonyl (C=O) groups excluding carboxylic acids is 2. The fourth-order valence-electron chi connectivity index (χ4n) is 4.40. The second-order valence-corrected chi connectivity index (χ2v) is 9.37. The van der Waals surface area contributed by atoms with E-state index in [-0.39, 0.29) is 0 Å². The molecule has 0 radical (unpaired) electrons. The van der Waals surface area contributed by atoms with Gasteiger partial charge < -0.3 is 4.98 Å². The van der Waals surface area contributed by atoms with E-state index >= 15 is 0 Å². The van der Waals surface area contributed by atoms with Crippen LogP contribution in [0.1, 0.15) is 37.7 Å². The van der Waals surface area contributed by atoms with Crippen LogP contribution in [0.5, 0.6) is 0 Å². The standard InChI is InChI=1S/C29H5F15N2O2/c30-13-10(14(31)20(37)25(42)19(13)36)9(5-1-3-7(45-5)28(47)11-15(32)21(38)26(43)22(39)16(11)33)6-2-4-8(46-6)29(48)12-17(34)23(40)27(44)24(41)18(12)35/h1-4,45H. The lowest BCUT2D eigenvalue weighted by molar-refractivity contribution is 0.102. The van der Waals surface area contributed by atoms with Crippen molar-refractivity contribution in [3.63, 3.8) is 0 Å². The summed E-state index contributed by atoms with van der Waals surface area (Å²) in [7, 11) is 0. The molecular formula is C29H5F15N2O2. The first-order chi connectivity index (χ1) is 22.4. The van der Waals surface area contributed by atoms with Gasteiger partial charge in [0.1, 0.15) is 16.8 Å². The highest BCUT2D eigenvalue weighted by atomic mass is 19.2. The molecule has 1 aliphatic heterocycles. The van der Waals surface area contributed by atoms with Crippen molar-refractivity contribution in [1.29, 1.82) is 0 Å². The number of carbonyl (C=O) groups is 2. The number of rotatable bonds is 6. The molecule has 1 N–H and O–H groups in total. The molecule has 0 saturated heterocycles. The molecule has 0 fully saturated rings. The van der Waals surface area contributed by atoms with Crippen LogP contribution < -0.4 is 0 Å². The Balaban J connectivity index is 1.74. The molecule has 1 aromatic heterocycles. The monoisotopic (exact) mass is 698 g/mol. The molecule has 4 aromatic rings. The lowest BCUT2D eigenvalue weighted by atomic mass is 9.98. The predicted molar refractivity (Wildman–Crippen MR) is 130 cm³/mol. The SMILES string of the molecule is O=C(C1=NC(=C(c2ccc(C(=O)c3c(F)c(F)c(F)c(F)c3F)[nH]2)c2c(F)c(F)c(F)c(F)c2F)C=C1)c1c(F)c(F)c(F)c(F)c1F. The highest BCUT2D eigenvalue weighted by Gasteiger charge is 2.35. The quantitative estimate of drug-likeness (QED) is 0.0962.